The Labute approximate surface area is 182 Å². The van der Waals surface area contributed by atoms with Gasteiger partial charge in [0.15, 0.2) is 5.82 Å². The van der Waals surface area contributed by atoms with Crippen molar-refractivity contribution in [3.8, 4) is 0 Å². The number of pyridine rings is 1. The monoisotopic (exact) mass is 420 g/mol. The molecule has 1 saturated heterocycles. The number of fused-ring (bicyclic) bond motifs is 1. The minimum absolute atomic E-state index is 0.0240. The molecule has 0 spiro atoms. The highest BCUT2D eigenvalue weighted by Gasteiger charge is 2.32. The number of likely N-dealkylation sites (tertiary alicyclic amines) is 1. The number of aromatic nitrogens is 3. The standard InChI is InChI=1S/C24H28N4O3/c1-24(2,3)31-23(30)27-14-11-17(12-15-27)21(29)22-26-19-9-4-5-10-20(19)28(22)16-18-8-6-7-13-25-18/h4-10,13,17H,11-12,14-16H2,1-3H3. The van der Waals surface area contributed by atoms with E-state index in [1.165, 1.54) is 0 Å². The van der Waals surface area contributed by atoms with Gasteiger partial charge >= 0.3 is 6.09 Å². The topological polar surface area (TPSA) is 77.3 Å². The van der Waals surface area contributed by atoms with Crippen molar-refractivity contribution in [3.05, 3.63) is 60.2 Å². The molecule has 162 valence electrons. The van der Waals surface area contributed by atoms with E-state index in [2.05, 4.69) is 9.97 Å². The van der Waals surface area contributed by atoms with Gasteiger partial charge in [-0.15, -0.1) is 0 Å². The van der Waals surface area contributed by atoms with Crippen LogP contribution in [-0.2, 0) is 11.3 Å². The fourth-order valence-electron chi connectivity index (χ4n) is 3.91. The normalized spacial score (nSPS) is 15.3. The van der Waals surface area contributed by atoms with Crippen molar-refractivity contribution in [2.75, 3.05) is 13.1 Å². The molecule has 0 saturated carbocycles. The predicted molar refractivity (Wildman–Crippen MR) is 118 cm³/mol. The van der Waals surface area contributed by atoms with Crippen molar-refractivity contribution in [2.45, 2.75) is 45.8 Å². The van der Waals surface area contributed by atoms with Crippen LogP contribution in [-0.4, -0.2) is 50.0 Å². The highest BCUT2D eigenvalue weighted by molar-refractivity contribution is 5.98. The maximum absolute atomic E-state index is 13.4. The van der Waals surface area contributed by atoms with Crippen LogP contribution in [0.15, 0.2) is 48.7 Å². The lowest BCUT2D eigenvalue weighted by atomic mass is 9.92. The van der Waals surface area contributed by atoms with E-state index in [9.17, 15) is 9.59 Å². The Morgan fingerprint density at radius 3 is 2.45 bits per heavy atom. The Kier molecular flexibility index (Phi) is 5.76. The molecule has 1 aromatic carbocycles. The molecule has 1 fully saturated rings. The highest BCUT2D eigenvalue weighted by Crippen LogP contribution is 2.26. The summed E-state index contributed by atoms with van der Waals surface area (Å²) >= 11 is 0. The molecule has 7 heteroatoms. The van der Waals surface area contributed by atoms with Crippen LogP contribution in [0.1, 0.15) is 49.9 Å². The summed E-state index contributed by atoms with van der Waals surface area (Å²) in [5.74, 6) is 0.316. The number of carbonyl (C=O) groups excluding carboxylic acids is 2. The molecule has 1 aliphatic heterocycles. The van der Waals surface area contributed by atoms with Gasteiger partial charge in [0.2, 0.25) is 5.78 Å². The van der Waals surface area contributed by atoms with Gasteiger partial charge in [0.1, 0.15) is 5.60 Å². The fraction of sp³-hybridized carbons (Fsp3) is 0.417. The second-order valence-corrected chi connectivity index (χ2v) is 8.94. The first-order valence-electron chi connectivity index (χ1n) is 10.7. The predicted octanol–water partition coefficient (Wildman–Crippen LogP) is 4.31. The zero-order valence-corrected chi connectivity index (χ0v) is 18.2. The van der Waals surface area contributed by atoms with Crippen molar-refractivity contribution >= 4 is 22.9 Å². The number of piperidine rings is 1. The van der Waals surface area contributed by atoms with Crippen LogP contribution < -0.4 is 0 Å². The van der Waals surface area contributed by atoms with Crippen LogP contribution >= 0.6 is 0 Å². The lowest BCUT2D eigenvalue weighted by molar-refractivity contribution is 0.0181. The quantitative estimate of drug-likeness (QED) is 0.588. The van der Waals surface area contributed by atoms with Crippen molar-refractivity contribution in [1.82, 2.24) is 19.4 Å². The number of nitrogens with zero attached hydrogens (tertiary/aromatic N) is 4. The first-order valence-corrected chi connectivity index (χ1v) is 10.7. The Hall–Kier alpha value is -3.22. The van der Waals surface area contributed by atoms with Crippen LogP contribution in [0, 0.1) is 5.92 Å². The number of ketones is 1. The molecule has 0 N–H and O–H groups in total. The SMILES string of the molecule is CC(C)(C)OC(=O)N1CCC(C(=O)c2nc3ccccc3n2Cc2ccccn2)CC1. The second-order valence-electron chi connectivity index (χ2n) is 8.94. The molecule has 0 unspecified atom stereocenters. The molecule has 2 aromatic heterocycles. The molecular formula is C24H28N4O3. The van der Waals surface area contributed by atoms with E-state index in [0.717, 1.165) is 16.7 Å². The number of para-hydroxylation sites is 2. The molecule has 3 aromatic rings. The summed E-state index contributed by atoms with van der Waals surface area (Å²) in [6.45, 7) is 7.06. The lowest BCUT2D eigenvalue weighted by Gasteiger charge is -2.32. The van der Waals surface area contributed by atoms with E-state index in [-0.39, 0.29) is 17.8 Å². The van der Waals surface area contributed by atoms with Gasteiger partial charge < -0.3 is 14.2 Å². The minimum atomic E-state index is -0.528. The summed E-state index contributed by atoms with van der Waals surface area (Å²) in [5.41, 5.74) is 2.07. The first-order chi connectivity index (χ1) is 14.8. The molecule has 1 amide bonds. The Morgan fingerprint density at radius 1 is 1.06 bits per heavy atom. The number of hydrogen-bond acceptors (Lipinski definition) is 5. The van der Waals surface area contributed by atoms with Crippen LogP contribution in [0.25, 0.3) is 11.0 Å². The highest BCUT2D eigenvalue weighted by atomic mass is 16.6. The summed E-state index contributed by atoms with van der Waals surface area (Å²) in [6.07, 6.45) is 2.64. The number of rotatable bonds is 4. The molecule has 0 aliphatic carbocycles. The summed E-state index contributed by atoms with van der Waals surface area (Å²) in [6, 6.07) is 13.5. The van der Waals surface area contributed by atoms with Gasteiger partial charge in [-0.1, -0.05) is 18.2 Å². The Balaban J connectivity index is 1.53. The van der Waals surface area contributed by atoms with E-state index in [1.807, 2.05) is 67.8 Å². The van der Waals surface area contributed by atoms with Gasteiger partial charge in [-0.25, -0.2) is 9.78 Å². The van der Waals surface area contributed by atoms with Crippen molar-refractivity contribution in [3.63, 3.8) is 0 Å². The number of ether oxygens (including phenoxy) is 1. The lowest BCUT2D eigenvalue weighted by Crippen LogP contribution is -2.43. The van der Waals surface area contributed by atoms with Gasteiger partial charge in [-0.3, -0.25) is 9.78 Å². The third kappa shape index (κ3) is 4.76. The largest absolute Gasteiger partial charge is 0.444 e. The molecular weight excluding hydrogens is 392 g/mol. The third-order valence-corrected chi connectivity index (χ3v) is 5.44. The molecule has 0 atom stereocenters. The number of benzene rings is 1. The average molecular weight is 421 g/mol. The Morgan fingerprint density at radius 2 is 1.77 bits per heavy atom. The molecule has 4 rings (SSSR count). The van der Waals surface area contributed by atoms with Gasteiger partial charge in [0.25, 0.3) is 0 Å². The van der Waals surface area contributed by atoms with Crippen LogP contribution in [0.4, 0.5) is 4.79 Å². The van der Waals surface area contributed by atoms with E-state index < -0.39 is 5.60 Å². The number of Topliss-reactive ketones (excluding diaryl/α,β-unsaturated/α-hetero) is 1. The maximum Gasteiger partial charge on any atom is 0.410 e. The van der Waals surface area contributed by atoms with E-state index in [4.69, 9.17) is 4.74 Å². The Bertz CT molecular complexity index is 1080. The molecule has 0 radical (unpaired) electrons. The average Bonchev–Trinajstić information content (AvgIpc) is 3.11. The zero-order chi connectivity index (χ0) is 22.0. The van der Waals surface area contributed by atoms with E-state index in [0.29, 0.717) is 38.3 Å². The van der Waals surface area contributed by atoms with Crippen molar-refractivity contribution in [2.24, 2.45) is 5.92 Å². The zero-order valence-electron chi connectivity index (χ0n) is 18.2. The fourth-order valence-corrected chi connectivity index (χ4v) is 3.91. The van der Waals surface area contributed by atoms with Crippen molar-refractivity contribution < 1.29 is 14.3 Å². The molecule has 0 bridgehead atoms. The number of hydrogen-bond donors (Lipinski definition) is 0. The van der Waals surface area contributed by atoms with Crippen LogP contribution in [0.3, 0.4) is 0 Å². The summed E-state index contributed by atoms with van der Waals surface area (Å²) in [7, 11) is 0. The summed E-state index contributed by atoms with van der Waals surface area (Å²) in [5, 5.41) is 0. The molecule has 1 aliphatic rings. The molecule has 3 heterocycles. The number of amides is 1. The first kappa shape index (κ1) is 21.0. The maximum atomic E-state index is 13.4. The summed E-state index contributed by atoms with van der Waals surface area (Å²) in [4.78, 5) is 36.5. The third-order valence-electron chi connectivity index (χ3n) is 5.44. The van der Waals surface area contributed by atoms with Gasteiger partial charge in [0.05, 0.1) is 23.3 Å². The van der Waals surface area contributed by atoms with Gasteiger partial charge in [-0.2, -0.15) is 0 Å². The smallest absolute Gasteiger partial charge is 0.410 e. The van der Waals surface area contributed by atoms with E-state index >= 15 is 0 Å². The van der Waals surface area contributed by atoms with Crippen LogP contribution in [0.2, 0.25) is 0 Å². The number of carbonyl (C=O) groups is 2. The van der Waals surface area contributed by atoms with Crippen LogP contribution in [0.5, 0.6) is 0 Å². The van der Waals surface area contributed by atoms with E-state index in [1.54, 1.807) is 11.1 Å². The number of imidazole rings is 1. The van der Waals surface area contributed by atoms with Crippen molar-refractivity contribution in [1.29, 1.82) is 0 Å². The second kappa shape index (κ2) is 8.49. The summed E-state index contributed by atoms with van der Waals surface area (Å²) < 4.78 is 7.42. The van der Waals surface area contributed by atoms with Gasteiger partial charge in [0, 0.05) is 25.2 Å². The molecule has 31 heavy (non-hydrogen) atoms. The van der Waals surface area contributed by atoms with Gasteiger partial charge in [-0.05, 0) is 57.9 Å². The minimum Gasteiger partial charge on any atom is -0.444 e. The molecule has 7 nitrogen and oxygen atoms in total.